The minimum Gasteiger partial charge on any atom is -0.431 e. The summed E-state index contributed by atoms with van der Waals surface area (Å²) in [5, 5.41) is 32.9. The van der Waals surface area contributed by atoms with Crippen LogP contribution in [0.4, 0.5) is 0 Å². The fourth-order valence-electron chi connectivity index (χ4n) is 8.98. The summed E-state index contributed by atoms with van der Waals surface area (Å²) < 4.78 is 16.9. The van der Waals surface area contributed by atoms with Crippen molar-refractivity contribution < 1.29 is 29.2 Å². The smallest absolute Gasteiger partial charge is 0.335 e. The van der Waals surface area contributed by atoms with Crippen molar-refractivity contribution in [3.63, 3.8) is 0 Å². The van der Waals surface area contributed by atoms with Gasteiger partial charge in [-0.15, -0.1) is 0 Å². The molecule has 4 unspecified atom stereocenters. The Hall–Kier alpha value is -1.55. The molecule has 204 valence electrons. The molecule has 8 heteroatoms. The Balaban J connectivity index is 1.21. The van der Waals surface area contributed by atoms with Crippen molar-refractivity contribution in [2.75, 3.05) is 6.61 Å². The van der Waals surface area contributed by atoms with Gasteiger partial charge in [-0.2, -0.15) is 0 Å². The second-order valence-electron chi connectivity index (χ2n) is 12.8. The van der Waals surface area contributed by atoms with Crippen molar-refractivity contribution in [3.8, 4) is 0 Å². The fraction of sp³-hybridized carbons (Fsp3) is 0.759. The molecule has 37 heavy (non-hydrogen) atoms. The van der Waals surface area contributed by atoms with Crippen LogP contribution < -0.4 is 11.4 Å². The van der Waals surface area contributed by atoms with Crippen molar-refractivity contribution in [2.24, 2.45) is 28.4 Å². The van der Waals surface area contributed by atoms with Gasteiger partial charge in [-0.25, -0.2) is 4.79 Å². The van der Waals surface area contributed by atoms with Crippen LogP contribution in [0, 0.1) is 22.7 Å². The lowest BCUT2D eigenvalue weighted by Gasteiger charge is -2.62. The molecule has 0 spiro atoms. The molecule has 0 amide bonds. The second kappa shape index (κ2) is 9.00. The van der Waals surface area contributed by atoms with Gasteiger partial charge in [-0.3, -0.25) is 0 Å². The highest BCUT2D eigenvalue weighted by atomic mass is 16.7. The van der Waals surface area contributed by atoms with Crippen molar-refractivity contribution in [3.05, 3.63) is 46.0 Å². The first kappa shape index (κ1) is 25.7. The number of rotatable bonds is 3. The van der Waals surface area contributed by atoms with Crippen LogP contribution in [0.15, 0.2) is 39.3 Å². The van der Waals surface area contributed by atoms with Crippen LogP contribution in [-0.4, -0.2) is 58.2 Å². The van der Waals surface area contributed by atoms with E-state index in [1.165, 1.54) is 11.6 Å². The second-order valence-corrected chi connectivity index (χ2v) is 12.8. The predicted octanol–water partition coefficient (Wildman–Crippen LogP) is 2.59. The lowest BCUT2D eigenvalue weighted by molar-refractivity contribution is -0.259. The van der Waals surface area contributed by atoms with Gasteiger partial charge in [0.15, 0.2) is 6.29 Å². The minimum atomic E-state index is -1.16. The van der Waals surface area contributed by atoms with E-state index in [-0.39, 0.29) is 41.0 Å². The first-order valence-corrected chi connectivity index (χ1v) is 14.0. The van der Waals surface area contributed by atoms with Crippen LogP contribution in [0.1, 0.15) is 76.7 Å². The van der Waals surface area contributed by atoms with Crippen LogP contribution >= 0.6 is 0 Å². The van der Waals surface area contributed by atoms with E-state index < -0.39 is 30.1 Å². The van der Waals surface area contributed by atoms with Crippen LogP contribution in [0.2, 0.25) is 0 Å². The highest BCUT2D eigenvalue weighted by molar-refractivity contribution is 5.31. The zero-order valence-electron chi connectivity index (χ0n) is 21.8. The summed E-state index contributed by atoms with van der Waals surface area (Å²) in [6.45, 7) is 4.77. The topological polar surface area (TPSA) is 135 Å². The molecule has 4 aliphatic carbocycles. The first-order valence-electron chi connectivity index (χ1n) is 14.0. The molecule has 5 aliphatic rings. The predicted molar refractivity (Wildman–Crippen MR) is 135 cm³/mol. The van der Waals surface area contributed by atoms with Gasteiger partial charge >= 0.3 is 5.63 Å². The maximum atomic E-state index is 12.4. The van der Waals surface area contributed by atoms with E-state index >= 15 is 0 Å². The summed E-state index contributed by atoms with van der Waals surface area (Å²) in [5.41, 5.74) is 6.88. The summed E-state index contributed by atoms with van der Waals surface area (Å²) in [6.07, 6.45) is 7.83. The van der Waals surface area contributed by atoms with E-state index in [0.29, 0.717) is 5.92 Å². The Morgan fingerprint density at radius 1 is 1.03 bits per heavy atom. The third-order valence-electron chi connectivity index (χ3n) is 11.2. The molecule has 4 fully saturated rings. The molecule has 1 aromatic heterocycles. The van der Waals surface area contributed by atoms with Crippen LogP contribution in [-0.2, 0) is 9.47 Å². The fourth-order valence-corrected chi connectivity index (χ4v) is 8.98. The van der Waals surface area contributed by atoms with E-state index in [4.69, 9.17) is 19.6 Å². The van der Waals surface area contributed by atoms with Crippen molar-refractivity contribution in [2.45, 2.75) is 107 Å². The lowest BCUT2D eigenvalue weighted by atomic mass is 9.45. The molecule has 0 radical (unpaired) electrons. The average Bonchev–Trinajstić information content (AvgIpc) is 3.16. The average molecular weight is 516 g/mol. The number of ether oxygens (including phenoxy) is 2. The number of allylic oxidation sites excluding steroid dienone is 1. The van der Waals surface area contributed by atoms with Crippen molar-refractivity contribution in [1.82, 2.24) is 0 Å². The number of fused-ring (bicyclic) bond motifs is 5. The van der Waals surface area contributed by atoms with Gasteiger partial charge in [-0.1, -0.05) is 25.5 Å². The number of hydrogen-bond donors (Lipinski definition) is 4. The quantitative estimate of drug-likeness (QED) is 0.451. The van der Waals surface area contributed by atoms with Crippen LogP contribution in [0.3, 0.4) is 0 Å². The Bertz CT molecular complexity index is 1100. The zero-order valence-corrected chi connectivity index (χ0v) is 21.8. The van der Waals surface area contributed by atoms with Gasteiger partial charge < -0.3 is 34.9 Å². The van der Waals surface area contributed by atoms with E-state index in [1.807, 2.05) is 6.07 Å². The molecule has 11 atom stereocenters. The highest BCUT2D eigenvalue weighted by Crippen LogP contribution is 2.70. The summed E-state index contributed by atoms with van der Waals surface area (Å²) >= 11 is 0. The normalized spacial score (nSPS) is 49.5. The number of hydrogen-bond acceptors (Lipinski definition) is 8. The number of aliphatic hydroxyl groups excluding tert-OH is 2. The molecule has 6 rings (SSSR count). The molecule has 8 nitrogen and oxygen atoms in total. The lowest BCUT2D eigenvalue weighted by Crippen LogP contribution is -2.60. The molecule has 2 heterocycles. The van der Waals surface area contributed by atoms with Crippen molar-refractivity contribution in [1.29, 1.82) is 0 Å². The molecule has 1 aromatic rings. The first-order chi connectivity index (χ1) is 17.6. The van der Waals surface area contributed by atoms with Gasteiger partial charge in [0.05, 0.1) is 30.6 Å². The summed E-state index contributed by atoms with van der Waals surface area (Å²) in [4.78, 5) is 11.5. The van der Waals surface area contributed by atoms with E-state index in [0.717, 1.165) is 56.9 Å². The molecule has 0 aromatic carbocycles. The highest BCUT2D eigenvalue weighted by Gasteiger charge is 2.66. The Morgan fingerprint density at radius 2 is 1.84 bits per heavy atom. The SMILES string of the molecule is C[C@]12CCC(O[C@H]3OC[C@H](N)[C@H](O)C3O)C=C1CCC1C2CC[C@]2(C)[C@@H](c3ccc(=O)oc3)CC[C@]12O. The van der Waals surface area contributed by atoms with Gasteiger partial charge in [-0.05, 0) is 86.2 Å². The van der Waals surface area contributed by atoms with E-state index in [1.54, 1.807) is 6.26 Å². The molecule has 0 bridgehead atoms. The van der Waals surface area contributed by atoms with Gasteiger partial charge in [0, 0.05) is 11.5 Å². The van der Waals surface area contributed by atoms with E-state index in [9.17, 15) is 20.1 Å². The third-order valence-corrected chi connectivity index (χ3v) is 11.2. The molecule has 1 aliphatic heterocycles. The Kier molecular flexibility index (Phi) is 6.25. The molecular formula is C29H41NO7. The number of nitrogens with two attached hydrogens (primary N) is 1. The maximum Gasteiger partial charge on any atom is 0.335 e. The van der Waals surface area contributed by atoms with Crippen LogP contribution in [0.5, 0.6) is 0 Å². The van der Waals surface area contributed by atoms with E-state index in [2.05, 4.69) is 19.9 Å². The standard InChI is InChI=1S/C29H41NO7/c1-27-10-7-18(37-26-25(33)24(32)22(30)15-36-26)13-17(27)4-5-21-20(27)8-11-28(2)19(9-12-29(21,28)34)16-3-6-23(31)35-14-16/h3,6,13-14,18-22,24-26,32-34H,4-5,7-12,15,30H2,1-2H3/t18?,19-,20?,21?,22+,24+,25?,26-,27+,28-,29+/m1/s1. The minimum absolute atomic E-state index is 0.00533. The Morgan fingerprint density at radius 3 is 2.59 bits per heavy atom. The monoisotopic (exact) mass is 515 g/mol. The van der Waals surface area contributed by atoms with Gasteiger partial charge in [0.2, 0.25) is 0 Å². The summed E-state index contributed by atoms with van der Waals surface area (Å²) in [6, 6.07) is 2.76. The zero-order chi connectivity index (χ0) is 26.2. The van der Waals surface area contributed by atoms with Crippen molar-refractivity contribution >= 4 is 0 Å². The summed E-state index contributed by atoms with van der Waals surface area (Å²) in [5.74, 6) is 0.809. The van der Waals surface area contributed by atoms with Gasteiger partial charge in [0.25, 0.3) is 0 Å². The molecule has 5 N–H and O–H groups in total. The van der Waals surface area contributed by atoms with Crippen LogP contribution in [0.25, 0.3) is 0 Å². The van der Waals surface area contributed by atoms with Gasteiger partial charge in [0.1, 0.15) is 12.2 Å². The molecule has 1 saturated heterocycles. The molecular weight excluding hydrogens is 474 g/mol. The number of aliphatic hydroxyl groups is 3. The summed E-state index contributed by atoms with van der Waals surface area (Å²) in [7, 11) is 0. The third kappa shape index (κ3) is 3.82. The molecule has 3 saturated carbocycles. The maximum absolute atomic E-state index is 12.4. The Labute approximate surface area is 217 Å². The largest absolute Gasteiger partial charge is 0.431 e.